The summed E-state index contributed by atoms with van der Waals surface area (Å²) in [5, 5.41) is -0.0745. The van der Waals surface area contributed by atoms with E-state index in [-0.39, 0.29) is 23.3 Å². The average Bonchev–Trinajstić information content (AvgIpc) is 2.70. The van der Waals surface area contributed by atoms with E-state index < -0.39 is 5.56 Å². The fourth-order valence-corrected chi connectivity index (χ4v) is 3.17. The number of nitrogens with zero attached hydrogens (tertiary/aromatic N) is 6. The lowest BCUT2D eigenvalue weighted by Gasteiger charge is -2.33. The minimum Gasteiger partial charge on any atom is -0.383 e. The van der Waals surface area contributed by atoms with Gasteiger partial charge >= 0.3 is 0 Å². The van der Waals surface area contributed by atoms with E-state index in [0.717, 1.165) is 0 Å². The molecule has 0 saturated carbocycles. The zero-order valence-electron chi connectivity index (χ0n) is 16.6. The number of halogens is 1. The number of hydrogen-bond donors (Lipinski definition) is 1. The monoisotopic (exact) mass is 425 g/mol. The highest BCUT2D eigenvalue weighted by Crippen LogP contribution is 2.24. The van der Waals surface area contributed by atoms with Crippen LogP contribution in [0.4, 0.5) is 11.8 Å². The van der Waals surface area contributed by atoms with E-state index in [1.807, 2.05) is 4.90 Å². The molecule has 1 N–H and O–H groups in total. The highest BCUT2D eigenvalue weighted by molar-refractivity contribution is 6.28. The Hall–Kier alpha value is -2.50. The van der Waals surface area contributed by atoms with E-state index >= 15 is 0 Å². The Labute approximate surface area is 172 Å². The van der Waals surface area contributed by atoms with Crippen molar-refractivity contribution in [3.05, 3.63) is 15.6 Å². The van der Waals surface area contributed by atoms with Crippen molar-refractivity contribution in [2.45, 2.75) is 0 Å². The molecule has 1 saturated heterocycles. The number of H-pyrrole nitrogens is 1. The third-order valence-corrected chi connectivity index (χ3v) is 4.85. The summed E-state index contributed by atoms with van der Waals surface area (Å²) in [4.78, 5) is 45.8. The molecule has 1 aliphatic rings. The van der Waals surface area contributed by atoms with E-state index in [0.29, 0.717) is 56.7 Å². The Bertz CT molecular complexity index is 930. The van der Waals surface area contributed by atoms with Gasteiger partial charge in [-0.3, -0.25) is 14.6 Å². The lowest BCUT2D eigenvalue weighted by molar-refractivity contribution is -0.129. The van der Waals surface area contributed by atoms with Crippen LogP contribution in [0, 0.1) is 0 Å². The molecule has 3 heterocycles. The summed E-state index contributed by atoms with van der Waals surface area (Å²) in [6, 6.07) is 0. The Morgan fingerprint density at radius 3 is 2.38 bits per heavy atom. The van der Waals surface area contributed by atoms with Crippen molar-refractivity contribution in [3.8, 4) is 0 Å². The number of carbonyl (C=O) groups excluding carboxylic acids is 1. The molecule has 0 radical (unpaired) electrons. The molecule has 0 aromatic carbocycles. The third kappa shape index (κ3) is 4.74. The summed E-state index contributed by atoms with van der Waals surface area (Å²) < 4.78 is 10.3. The number of rotatable bonds is 8. The minimum atomic E-state index is -0.434. The average molecular weight is 426 g/mol. The topological polar surface area (TPSA) is 117 Å². The molecule has 12 heteroatoms. The second-order valence-corrected chi connectivity index (χ2v) is 6.95. The summed E-state index contributed by atoms with van der Waals surface area (Å²) in [5.74, 6) is 0.669. The van der Waals surface area contributed by atoms with E-state index in [9.17, 15) is 9.59 Å². The Kier molecular flexibility index (Phi) is 6.83. The molecular formula is C17H24ClN7O4. The number of ether oxygens (including phenoxy) is 2. The van der Waals surface area contributed by atoms with Gasteiger partial charge in [0.05, 0.1) is 19.8 Å². The number of nitrogens with one attached hydrogen (secondary N) is 1. The van der Waals surface area contributed by atoms with Crippen LogP contribution in [0.3, 0.4) is 0 Å². The van der Waals surface area contributed by atoms with Gasteiger partial charge in [-0.2, -0.15) is 4.98 Å². The fraction of sp³-hybridized carbons (Fsp3) is 0.588. The molecule has 1 amide bonds. The number of likely N-dealkylation sites (N-methyl/N-ethyl adjacent to an activating group) is 1. The van der Waals surface area contributed by atoms with Gasteiger partial charge in [0.1, 0.15) is 5.52 Å². The van der Waals surface area contributed by atoms with E-state index in [4.69, 9.17) is 21.1 Å². The van der Waals surface area contributed by atoms with Crippen molar-refractivity contribution in [1.82, 2.24) is 24.8 Å². The molecule has 0 aliphatic carbocycles. The van der Waals surface area contributed by atoms with E-state index in [1.54, 1.807) is 31.1 Å². The van der Waals surface area contributed by atoms with Crippen LogP contribution in [0.2, 0.25) is 5.28 Å². The van der Waals surface area contributed by atoms with Crippen LogP contribution in [-0.2, 0) is 14.3 Å². The lowest BCUT2D eigenvalue weighted by Crippen LogP contribution is -2.49. The summed E-state index contributed by atoms with van der Waals surface area (Å²) in [6.45, 7) is 3.11. The maximum Gasteiger partial charge on any atom is 0.279 e. The summed E-state index contributed by atoms with van der Waals surface area (Å²) >= 11 is 6.05. The number of aromatic nitrogens is 4. The minimum absolute atomic E-state index is 0.0500. The van der Waals surface area contributed by atoms with Crippen LogP contribution in [0.25, 0.3) is 11.0 Å². The number of methoxy groups -OCH3 is 2. The first-order valence-electron chi connectivity index (χ1n) is 9.14. The van der Waals surface area contributed by atoms with Gasteiger partial charge in [0, 0.05) is 47.4 Å². The van der Waals surface area contributed by atoms with Gasteiger partial charge in [-0.15, -0.1) is 0 Å². The van der Waals surface area contributed by atoms with Crippen molar-refractivity contribution < 1.29 is 14.3 Å². The predicted octanol–water partition coefficient (Wildman–Crippen LogP) is -0.256. The van der Waals surface area contributed by atoms with Crippen LogP contribution in [0.15, 0.2) is 4.79 Å². The first-order valence-corrected chi connectivity index (χ1v) is 9.51. The normalized spacial score (nSPS) is 14.7. The van der Waals surface area contributed by atoms with Crippen molar-refractivity contribution in [3.63, 3.8) is 0 Å². The van der Waals surface area contributed by atoms with Crippen molar-refractivity contribution >= 4 is 40.3 Å². The number of amides is 1. The largest absolute Gasteiger partial charge is 0.383 e. The first kappa shape index (κ1) is 21.2. The molecule has 158 valence electrons. The Morgan fingerprint density at radius 1 is 1.07 bits per heavy atom. The Morgan fingerprint density at radius 2 is 1.76 bits per heavy atom. The molecule has 0 unspecified atom stereocenters. The summed E-state index contributed by atoms with van der Waals surface area (Å²) in [7, 11) is 4.95. The second kappa shape index (κ2) is 9.33. The van der Waals surface area contributed by atoms with Gasteiger partial charge in [-0.05, 0) is 11.6 Å². The fourth-order valence-electron chi connectivity index (χ4n) is 3.01. The molecule has 1 aliphatic heterocycles. The SMILES string of the molecule is COCCN(CCOC)c1nc2c(N3CCN(C)C(=O)C3)nc(Cl)nc2c(=O)[nH]1. The maximum atomic E-state index is 12.7. The summed E-state index contributed by atoms with van der Waals surface area (Å²) in [6.07, 6.45) is 0. The maximum absolute atomic E-state index is 12.7. The summed E-state index contributed by atoms with van der Waals surface area (Å²) in [5.41, 5.74) is -0.0604. The lowest BCUT2D eigenvalue weighted by atomic mass is 10.3. The highest BCUT2D eigenvalue weighted by atomic mass is 35.5. The molecule has 3 rings (SSSR count). The molecule has 2 aromatic rings. The van der Waals surface area contributed by atoms with Crippen LogP contribution in [-0.4, -0.2) is 97.9 Å². The van der Waals surface area contributed by atoms with Crippen LogP contribution in [0.5, 0.6) is 0 Å². The highest BCUT2D eigenvalue weighted by Gasteiger charge is 2.26. The van der Waals surface area contributed by atoms with Gasteiger partial charge in [0.15, 0.2) is 11.3 Å². The number of piperazine rings is 1. The first-order chi connectivity index (χ1) is 13.9. The number of fused-ring (bicyclic) bond motifs is 1. The van der Waals surface area contributed by atoms with Gasteiger partial charge in [-0.1, -0.05) is 0 Å². The van der Waals surface area contributed by atoms with Crippen LogP contribution < -0.4 is 15.4 Å². The zero-order chi connectivity index (χ0) is 21.0. The molecule has 1 fully saturated rings. The predicted molar refractivity (Wildman–Crippen MR) is 109 cm³/mol. The number of hydrogen-bond acceptors (Lipinski definition) is 9. The third-order valence-electron chi connectivity index (χ3n) is 4.68. The second-order valence-electron chi connectivity index (χ2n) is 6.61. The van der Waals surface area contributed by atoms with Gasteiger partial charge in [-0.25, -0.2) is 9.97 Å². The number of carbonyl (C=O) groups is 1. The standard InChI is InChI=1S/C17H24ClN7O4/c1-23-4-5-25(10-11(23)26)14-12-13(19-16(18)21-14)15(27)22-17(20-12)24(6-8-28-2)7-9-29-3/h4-10H2,1-3H3,(H,20,22,27). The Balaban J connectivity index is 2.07. The molecule has 11 nitrogen and oxygen atoms in total. The zero-order valence-corrected chi connectivity index (χ0v) is 17.4. The number of anilines is 2. The van der Waals surface area contributed by atoms with Crippen LogP contribution in [0.1, 0.15) is 0 Å². The molecule has 29 heavy (non-hydrogen) atoms. The smallest absolute Gasteiger partial charge is 0.279 e. The van der Waals surface area contributed by atoms with Crippen molar-refractivity contribution in [2.24, 2.45) is 0 Å². The van der Waals surface area contributed by atoms with Crippen molar-refractivity contribution in [1.29, 1.82) is 0 Å². The molecule has 0 atom stereocenters. The van der Waals surface area contributed by atoms with Crippen LogP contribution >= 0.6 is 11.6 Å². The van der Waals surface area contributed by atoms with Crippen molar-refractivity contribution in [2.75, 3.05) is 77.0 Å². The number of aromatic amines is 1. The molecule has 0 bridgehead atoms. The van der Waals surface area contributed by atoms with E-state index in [1.165, 1.54) is 0 Å². The molecule has 2 aromatic heterocycles. The quantitative estimate of drug-likeness (QED) is 0.571. The van der Waals surface area contributed by atoms with Gasteiger partial charge in [0.2, 0.25) is 17.1 Å². The van der Waals surface area contributed by atoms with Gasteiger partial charge in [0.25, 0.3) is 5.56 Å². The molecule has 0 spiro atoms. The van der Waals surface area contributed by atoms with Gasteiger partial charge < -0.3 is 24.2 Å². The molecular weight excluding hydrogens is 402 g/mol. The van der Waals surface area contributed by atoms with E-state index in [2.05, 4.69) is 19.9 Å².